The Labute approximate surface area is 103 Å². The van der Waals surface area contributed by atoms with E-state index in [1.165, 1.54) is 22.3 Å². The van der Waals surface area contributed by atoms with Gasteiger partial charge < -0.3 is 0 Å². The van der Waals surface area contributed by atoms with Crippen molar-refractivity contribution in [2.45, 2.75) is 13.8 Å². The van der Waals surface area contributed by atoms with E-state index in [4.69, 9.17) is 0 Å². The van der Waals surface area contributed by atoms with Crippen molar-refractivity contribution >= 4 is 11.1 Å². The standard InChI is InChI=1S/C17H16/c1-17(2)15(13-9-5-3-6-10-13)16(17)14-11-7-4-8-12-14/h3-12H,1-2H3. The van der Waals surface area contributed by atoms with Crippen molar-refractivity contribution < 1.29 is 0 Å². The topological polar surface area (TPSA) is 0 Å². The summed E-state index contributed by atoms with van der Waals surface area (Å²) < 4.78 is 0. The Morgan fingerprint density at radius 1 is 0.588 bits per heavy atom. The first-order valence-electron chi connectivity index (χ1n) is 6.07. The second kappa shape index (κ2) is 3.59. The summed E-state index contributed by atoms with van der Waals surface area (Å²) in [6.45, 7) is 4.61. The monoisotopic (exact) mass is 220 g/mol. The fourth-order valence-corrected chi connectivity index (χ4v) is 2.69. The van der Waals surface area contributed by atoms with E-state index in [2.05, 4.69) is 74.5 Å². The largest absolute Gasteiger partial charge is 0.0622 e. The van der Waals surface area contributed by atoms with Gasteiger partial charge in [0.15, 0.2) is 0 Å². The van der Waals surface area contributed by atoms with E-state index in [9.17, 15) is 0 Å². The summed E-state index contributed by atoms with van der Waals surface area (Å²) in [4.78, 5) is 0. The van der Waals surface area contributed by atoms with E-state index < -0.39 is 0 Å². The van der Waals surface area contributed by atoms with Gasteiger partial charge in [0.05, 0.1) is 0 Å². The number of hydrogen-bond donors (Lipinski definition) is 0. The van der Waals surface area contributed by atoms with Crippen LogP contribution in [0, 0.1) is 5.41 Å². The van der Waals surface area contributed by atoms with Gasteiger partial charge in [-0.05, 0) is 22.3 Å². The third-order valence-electron chi connectivity index (χ3n) is 3.56. The Balaban J connectivity index is 2.08. The van der Waals surface area contributed by atoms with Crippen molar-refractivity contribution in [2.75, 3.05) is 0 Å². The first kappa shape index (κ1) is 10.3. The Morgan fingerprint density at radius 2 is 0.941 bits per heavy atom. The average molecular weight is 220 g/mol. The molecule has 17 heavy (non-hydrogen) atoms. The van der Waals surface area contributed by atoms with Gasteiger partial charge >= 0.3 is 0 Å². The molecule has 3 rings (SSSR count). The third-order valence-corrected chi connectivity index (χ3v) is 3.56. The minimum atomic E-state index is 0.225. The highest BCUT2D eigenvalue weighted by Gasteiger charge is 2.45. The lowest BCUT2D eigenvalue weighted by molar-refractivity contribution is 0.760. The van der Waals surface area contributed by atoms with Crippen LogP contribution >= 0.6 is 0 Å². The first-order chi connectivity index (χ1) is 8.21. The van der Waals surface area contributed by atoms with Crippen molar-refractivity contribution in [1.82, 2.24) is 0 Å². The van der Waals surface area contributed by atoms with Gasteiger partial charge in [0.2, 0.25) is 0 Å². The van der Waals surface area contributed by atoms with E-state index in [1.54, 1.807) is 0 Å². The van der Waals surface area contributed by atoms with E-state index in [0.717, 1.165) is 0 Å². The lowest BCUT2D eigenvalue weighted by atomic mass is 9.98. The fraction of sp³-hybridized carbons (Fsp3) is 0.176. The molecule has 0 bridgehead atoms. The van der Waals surface area contributed by atoms with Crippen LogP contribution in [0.4, 0.5) is 0 Å². The summed E-state index contributed by atoms with van der Waals surface area (Å²) in [6, 6.07) is 21.4. The first-order valence-corrected chi connectivity index (χ1v) is 6.07. The molecule has 0 heteroatoms. The Morgan fingerprint density at radius 3 is 1.29 bits per heavy atom. The molecule has 0 saturated heterocycles. The predicted octanol–water partition coefficient (Wildman–Crippen LogP) is 4.64. The van der Waals surface area contributed by atoms with Gasteiger partial charge in [-0.2, -0.15) is 0 Å². The smallest absolute Gasteiger partial charge is 0.0164 e. The molecule has 0 aromatic heterocycles. The van der Waals surface area contributed by atoms with Crippen LogP contribution in [0.25, 0.3) is 11.1 Å². The lowest BCUT2D eigenvalue weighted by Gasteiger charge is -2.05. The normalized spacial score (nSPS) is 17.1. The Kier molecular flexibility index (Phi) is 2.19. The summed E-state index contributed by atoms with van der Waals surface area (Å²) >= 11 is 0. The molecule has 0 N–H and O–H groups in total. The number of benzene rings is 2. The van der Waals surface area contributed by atoms with Gasteiger partial charge in [0.1, 0.15) is 0 Å². The predicted molar refractivity (Wildman–Crippen MR) is 73.5 cm³/mol. The maximum absolute atomic E-state index is 2.30. The van der Waals surface area contributed by atoms with E-state index >= 15 is 0 Å². The van der Waals surface area contributed by atoms with Gasteiger partial charge in [0.25, 0.3) is 0 Å². The van der Waals surface area contributed by atoms with Gasteiger partial charge in [-0.3, -0.25) is 0 Å². The molecular weight excluding hydrogens is 204 g/mol. The summed E-state index contributed by atoms with van der Waals surface area (Å²) in [5, 5.41) is 0. The SMILES string of the molecule is CC1(C)C(c2ccccc2)=C1c1ccccc1. The van der Waals surface area contributed by atoms with Gasteiger partial charge in [-0.1, -0.05) is 74.5 Å². The molecule has 2 aromatic carbocycles. The molecule has 0 unspecified atom stereocenters. The second-order valence-electron chi connectivity index (χ2n) is 5.11. The van der Waals surface area contributed by atoms with E-state index in [-0.39, 0.29) is 5.41 Å². The van der Waals surface area contributed by atoms with Gasteiger partial charge in [0, 0.05) is 5.41 Å². The average Bonchev–Trinajstić information content (AvgIpc) is 2.94. The minimum absolute atomic E-state index is 0.225. The molecule has 0 fully saturated rings. The van der Waals surface area contributed by atoms with Crippen LogP contribution in [0.3, 0.4) is 0 Å². The molecular formula is C17H16. The molecule has 0 spiro atoms. The van der Waals surface area contributed by atoms with E-state index in [0.29, 0.717) is 0 Å². The number of hydrogen-bond acceptors (Lipinski definition) is 0. The molecule has 0 heterocycles. The highest BCUT2D eigenvalue weighted by Crippen LogP contribution is 2.62. The minimum Gasteiger partial charge on any atom is -0.0622 e. The van der Waals surface area contributed by atoms with Crippen molar-refractivity contribution in [3.8, 4) is 0 Å². The summed E-state index contributed by atoms with van der Waals surface area (Å²) in [5.41, 5.74) is 5.92. The Bertz CT molecular complexity index is 508. The molecule has 2 aromatic rings. The Hall–Kier alpha value is -1.82. The zero-order valence-corrected chi connectivity index (χ0v) is 10.3. The molecule has 84 valence electrons. The third kappa shape index (κ3) is 1.61. The van der Waals surface area contributed by atoms with Crippen LogP contribution in [0.1, 0.15) is 25.0 Å². The van der Waals surface area contributed by atoms with Crippen LogP contribution in [-0.2, 0) is 0 Å². The quantitative estimate of drug-likeness (QED) is 0.691. The zero-order valence-electron chi connectivity index (χ0n) is 10.3. The van der Waals surface area contributed by atoms with Crippen molar-refractivity contribution in [3.63, 3.8) is 0 Å². The van der Waals surface area contributed by atoms with Crippen LogP contribution < -0.4 is 0 Å². The molecule has 0 aliphatic heterocycles. The number of allylic oxidation sites excluding steroid dienone is 2. The lowest BCUT2D eigenvalue weighted by Crippen LogP contribution is -1.92. The summed E-state index contributed by atoms with van der Waals surface area (Å²) in [7, 11) is 0. The molecule has 1 aliphatic carbocycles. The number of rotatable bonds is 2. The van der Waals surface area contributed by atoms with Crippen LogP contribution in [0.2, 0.25) is 0 Å². The van der Waals surface area contributed by atoms with Crippen LogP contribution in [0.5, 0.6) is 0 Å². The zero-order chi connectivity index (χ0) is 11.9. The van der Waals surface area contributed by atoms with Gasteiger partial charge in [-0.25, -0.2) is 0 Å². The maximum atomic E-state index is 2.30. The summed E-state index contributed by atoms with van der Waals surface area (Å²) in [5.74, 6) is 0. The second-order valence-corrected chi connectivity index (χ2v) is 5.11. The van der Waals surface area contributed by atoms with Crippen LogP contribution in [-0.4, -0.2) is 0 Å². The van der Waals surface area contributed by atoms with Crippen LogP contribution in [0.15, 0.2) is 60.7 Å². The van der Waals surface area contributed by atoms with Crippen molar-refractivity contribution in [1.29, 1.82) is 0 Å². The molecule has 0 nitrogen and oxygen atoms in total. The maximum Gasteiger partial charge on any atom is 0.0164 e. The fourth-order valence-electron chi connectivity index (χ4n) is 2.69. The highest BCUT2D eigenvalue weighted by molar-refractivity contribution is 6.13. The molecule has 0 radical (unpaired) electrons. The van der Waals surface area contributed by atoms with Gasteiger partial charge in [-0.15, -0.1) is 0 Å². The molecule has 0 saturated carbocycles. The summed E-state index contributed by atoms with van der Waals surface area (Å²) in [6.07, 6.45) is 0. The van der Waals surface area contributed by atoms with Crippen molar-refractivity contribution in [3.05, 3.63) is 71.8 Å². The molecule has 1 aliphatic rings. The highest BCUT2D eigenvalue weighted by atomic mass is 14.5. The van der Waals surface area contributed by atoms with Crippen molar-refractivity contribution in [2.24, 2.45) is 5.41 Å². The molecule has 0 amide bonds. The van der Waals surface area contributed by atoms with E-state index in [1.807, 2.05) is 0 Å². The molecule has 0 atom stereocenters.